The van der Waals surface area contributed by atoms with Crippen molar-refractivity contribution < 1.29 is 19.1 Å². The molecule has 0 saturated heterocycles. The van der Waals surface area contributed by atoms with Gasteiger partial charge in [0.1, 0.15) is 11.9 Å². The van der Waals surface area contributed by atoms with E-state index >= 15 is 0 Å². The van der Waals surface area contributed by atoms with E-state index in [-0.39, 0.29) is 6.10 Å². The summed E-state index contributed by atoms with van der Waals surface area (Å²) in [7, 11) is 0. The Labute approximate surface area is 160 Å². The van der Waals surface area contributed by atoms with Crippen LogP contribution in [-0.2, 0) is 4.74 Å². The second-order valence-electron chi connectivity index (χ2n) is 6.23. The van der Waals surface area contributed by atoms with Gasteiger partial charge in [-0.25, -0.2) is 9.59 Å². The van der Waals surface area contributed by atoms with Gasteiger partial charge in [0, 0.05) is 24.0 Å². The predicted octanol–water partition coefficient (Wildman–Crippen LogP) is 5.37. The Bertz CT molecular complexity index is 791. The Morgan fingerprint density at radius 1 is 1.11 bits per heavy atom. The van der Waals surface area contributed by atoms with E-state index in [2.05, 4.69) is 5.32 Å². The van der Waals surface area contributed by atoms with Gasteiger partial charge >= 0.3 is 12.2 Å². The van der Waals surface area contributed by atoms with Crippen LogP contribution in [-0.4, -0.2) is 24.8 Å². The van der Waals surface area contributed by atoms with Crippen LogP contribution >= 0.6 is 0 Å². The summed E-state index contributed by atoms with van der Waals surface area (Å²) in [6.45, 7) is 8.08. The van der Waals surface area contributed by atoms with Gasteiger partial charge in [-0.15, -0.1) is 0 Å². The van der Waals surface area contributed by atoms with Gasteiger partial charge in [-0.1, -0.05) is 25.1 Å². The lowest BCUT2D eigenvalue weighted by molar-refractivity contribution is 0.118. The molecule has 1 atom stereocenters. The van der Waals surface area contributed by atoms with Crippen molar-refractivity contribution in [1.82, 2.24) is 0 Å². The fourth-order valence-electron chi connectivity index (χ4n) is 2.42. The first-order valence-electron chi connectivity index (χ1n) is 9.06. The third kappa shape index (κ3) is 6.02. The highest BCUT2D eigenvalue weighted by Crippen LogP contribution is 2.21. The molecule has 2 aromatic rings. The number of amides is 2. The van der Waals surface area contributed by atoms with Gasteiger partial charge in [-0.3, -0.25) is 10.2 Å². The number of rotatable bonds is 6. The number of benzene rings is 2. The second kappa shape index (κ2) is 9.62. The zero-order valence-electron chi connectivity index (χ0n) is 16.2. The molecule has 0 aliphatic carbocycles. The number of anilines is 2. The molecule has 1 unspecified atom stereocenters. The zero-order valence-corrected chi connectivity index (χ0v) is 16.2. The lowest BCUT2D eigenvalue weighted by Crippen LogP contribution is -2.33. The molecule has 0 aliphatic heterocycles. The van der Waals surface area contributed by atoms with Crippen molar-refractivity contribution >= 4 is 23.6 Å². The van der Waals surface area contributed by atoms with Gasteiger partial charge in [0.25, 0.3) is 0 Å². The van der Waals surface area contributed by atoms with E-state index in [1.807, 2.05) is 52.0 Å². The summed E-state index contributed by atoms with van der Waals surface area (Å²) >= 11 is 0. The first-order valence-corrected chi connectivity index (χ1v) is 9.06. The normalized spacial score (nSPS) is 11.4. The maximum absolute atomic E-state index is 12.6. The highest BCUT2D eigenvalue weighted by molar-refractivity contribution is 5.89. The molecule has 2 aromatic carbocycles. The Morgan fingerprint density at radius 3 is 2.52 bits per heavy atom. The Morgan fingerprint density at radius 2 is 1.85 bits per heavy atom. The average Bonchev–Trinajstić information content (AvgIpc) is 2.62. The maximum atomic E-state index is 12.6. The molecule has 6 nitrogen and oxygen atoms in total. The van der Waals surface area contributed by atoms with Gasteiger partial charge in [0.05, 0.1) is 0 Å². The van der Waals surface area contributed by atoms with E-state index in [1.165, 1.54) is 0 Å². The van der Waals surface area contributed by atoms with Crippen molar-refractivity contribution in [1.29, 1.82) is 0 Å². The highest BCUT2D eigenvalue weighted by Gasteiger charge is 2.17. The molecule has 0 radical (unpaired) electrons. The van der Waals surface area contributed by atoms with Crippen LogP contribution in [0.4, 0.5) is 21.0 Å². The standard InChI is InChI=1S/C21H26N2O4/c1-5-16(4)26-20(24)22-17-10-8-12-19(14-17)27-21(25)23(6-2)18-11-7-9-15(3)13-18/h7-14,16H,5-6H2,1-4H3,(H,22,24). The number of nitrogens with zero attached hydrogens (tertiary/aromatic N) is 1. The van der Waals surface area contributed by atoms with Gasteiger partial charge < -0.3 is 9.47 Å². The van der Waals surface area contributed by atoms with Gasteiger partial charge in [-0.2, -0.15) is 0 Å². The lowest BCUT2D eigenvalue weighted by atomic mass is 10.2. The first-order chi connectivity index (χ1) is 12.9. The molecule has 0 heterocycles. The largest absolute Gasteiger partial charge is 0.446 e. The average molecular weight is 370 g/mol. The zero-order chi connectivity index (χ0) is 19.8. The summed E-state index contributed by atoms with van der Waals surface area (Å²) in [4.78, 5) is 25.9. The van der Waals surface area contributed by atoms with Gasteiger partial charge in [0.15, 0.2) is 0 Å². The first kappa shape index (κ1) is 20.3. The summed E-state index contributed by atoms with van der Waals surface area (Å²) in [5.41, 5.74) is 2.32. The molecular formula is C21H26N2O4. The van der Waals surface area contributed by atoms with E-state index < -0.39 is 12.2 Å². The minimum absolute atomic E-state index is 0.168. The van der Waals surface area contributed by atoms with Crippen LogP contribution in [0.2, 0.25) is 0 Å². The molecule has 0 aromatic heterocycles. The van der Waals surface area contributed by atoms with Crippen LogP contribution < -0.4 is 15.0 Å². The summed E-state index contributed by atoms with van der Waals surface area (Å²) in [5.74, 6) is 0.340. The molecule has 6 heteroatoms. The van der Waals surface area contributed by atoms with Crippen LogP contribution in [0.15, 0.2) is 48.5 Å². The molecule has 1 N–H and O–H groups in total. The van der Waals surface area contributed by atoms with Crippen molar-refractivity contribution in [3.05, 3.63) is 54.1 Å². The minimum Gasteiger partial charge on any atom is -0.446 e. The number of aryl methyl sites for hydroxylation is 1. The van der Waals surface area contributed by atoms with E-state index in [0.717, 1.165) is 17.7 Å². The third-order valence-corrected chi connectivity index (χ3v) is 4.02. The summed E-state index contributed by atoms with van der Waals surface area (Å²) in [6, 6.07) is 14.3. The molecule has 2 amide bonds. The van der Waals surface area contributed by atoms with Gasteiger partial charge in [-0.05, 0) is 57.0 Å². The van der Waals surface area contributed by atoms with Crippen molar-refractivity contribution in [2.45, 2.75) is 40.2 Å². The maximum Gasteiger partial charge on any atom is 0.419 e. The number of hydrogen-bond donors (Lipinski definition) is 1. The molecule has 0 fully saturated rings. The molecule has 2 rings (SSSR count). The number of nitrogens with one attached hydrogen (secondary N) is 1. The molecule has 27 heavy (non-hydrogen) atoms. The minimum atomic E-state index is -0.539. The molecule has 0 spiro atoms. The second-order valence-corrected chi connectivity index (χ2v) is 6.23. The Hall–Kier alpha value is -3.02. The van der Waals surface area contributed by atoms with E-state index in [1.54, 1.807) is 29.2 Å². The number of carbonyl (C=O) groups is 2. The fraction of sp³-hybridized carbons (Fsp3) is 0.333. The summed E-state index contributed by atoms with van der Waals surface area (Å²) in [5, 5.41) is 2.64. The van der Waals surface area contributed by atoms with E-state index in [9.17, 15) is 9.59 Å². The molecular weight excluding hydrogens is 344 g/mol. The molecule has 0 saturated carbocycles. The highest BCUT2D eigenvalue weighted by atomic mass is 16.6. The van der Waals surface area contributed by atoms with E-state index in [4.69, 9.17) is 9.47 Å². The number of carbonyl (C=O) groups excluding carboxylic acids is 2. The SMILES string of the molecule is CCC(C)OC(=O)Nc1cccc(OC(=O)N(CC)c2cccc(C)c2)c1. The quantitative estimate of drug-likeness (QED) is 0.742. The predicted molar refractivity (Wildman–Crippen MR) is 107 cm³/mol. The van der Waals surface area contributed by atoms with Crippen LogP contribution in [0.3, 0.4) is 0 Å². The number of ether oxygens (including phenoxy) is 2. The Kier molecular flexibility index (Phi) is 7.23. The third-order valence-electron chi connectivity index (χ3n) is 4.02. The molecule has 0 bridgehead atoms. The van der Waals surface area contributed by atoms with Crippen LogP contribution in [0, 0.1) is 6.92 Å². The van der Waals surface area contributed by atoms with Crippen LogP contribution in [0.5, 0.6) is 5.75 Å². The van der Waals surface area contributed by atoms with Crippen molar-refractivity contribution in [3.8, 4) is 5.75 Å². The van der Waals surface area contributed by atoms with Crippen molar-refractivity contribution in [2.75, 3.05) is 16.8 Å². The summed E-state index contributed by atoms with van der Waals surface area (Å²) < 4.78 is 10.7. The monoisotopic (exact) mass is 370 g/mol. The van der Waals surface area contributed by atoms with Crippen LogP contribution in [0.1, 0.15) is 32.8 Å². The lowest BCUT2D eigenvalue weighted by Gasteiger charge is -2.21. The number of hydrogen-bond acceptors (Lipinski definition) is 4. The summed E-state index contributed by atoms with van der Waals surface area (Å²) in [6.07, 6.45) is -0.458. The molecule has 0 aliphatic rings. The molecule has 144 valence electrons. The Balaban J connectivity index is 2.06. The fourth-order valence-corrected chi connectivity index (χ4v) is 2.42. The smallest absolute Gasteiger partial charge is 0.419 e. The van der Waals surface area contributed by atoms with Crippen LogP contribution in [0.25, 0.3) is 0 Å². The van der Waals surface area contributed by atoms with Crippen molar-refractivity contribution in [2.24, 2.45) is 0 Å². The van der Waals surface area contributed by atoms with Crippen molar-refractivity contribution in [3.63, 3.8) is 0 Å². The topological polar surface area (TPSA) is 67.9 Å². The van der Waals surface area contributed by atoms with E-state index in [0.29, 0.717) is 18.0 Å². The van der Waals surface area contributed by atoms with Gasteiger partial charge in [0.2, 0.25) is 0 Å².